The normalized spacial score (nSPS) is 14.2. The molecule has 9 heteroatoms. The third-order valence-electron chi connectivity index (χ3n) is 4.23. The van der Waals surface area contributed by atoms with Crippen molar-refractivity contribution in [1.29, 1.82) is 0 Å². The first-order valence-electron chi connectivity index (χ1n) is 8.29. The van der Waals surface area contributed by atoms with Crippen molar-refractivity contribution in [1.82, 2.24) is 4.90 Å². The fourth-order valence-corrected chi connectivity index (χ4v) is 3.11. The number of methoxy groups -OCH3 is 4. The zero-order chi connectivity index (χ0) is 20.8. The summed E-state index contributed by atoms with van der Waals surface area (Å²) in [5.74, 6) is -2.20. The van der Waals surface area contributed by atoms with Gasteiger partial charge in [0.05, 0.1) is 50.0 Å². The van der Waals surface area contributed by atoms with Crippen LogP contribution in [0.25, 0.3) is 0 Å². The number of hydrogen-bond donors (Lipinski definition) is 1. The molecule has 0 bridgehead atoms. The Hall–Kier alpha value is -2.71. The summed E-state index contributed by atoms with van der Waals surface area (Å²) in [6.07, 6.45) is 3.16. The van der Waals surface area contributed by atoms with Crippen LogP contribution in [0.2, 0.25) is 5.02 Å². The van der Waals surface area contributed by atoms with Gasteiger partial charge in [0, 0.05) is 26.1 Å². The van der Waals surface area contributed by atoms with E-state index in [2.05, 4.69) is 0 Å². The summed E-state index contributed by atoms with van der Waals surface area (Å²) in [7, 11) is 5.42. The largest absolute Gasteiger partial charge is 0.503 e. The van der Waals surface area contributed by atoms with Crippen molar-refractivity contribution >= 4 is 23.5 Å². The van der Waals surface area contributed by atoms with Crippen LogP contribution in [-0.2, 0) is 23.8 Å². The second kappa shape index (κ2) is 9.48. The van der Waals surface area contributed by atoms with Gasteiger partial charge in [-0.3, -0.25) is 0 Å². The van der Waals surface area contributed by atoms with Gasteiger partial charge in [0.25, 0.3) is 0 Å². The van der Waals surface area contributed by atoms with Crippen LogP contribution in [0.15, 0.2) is 35.7 Å². The summed E-state index contributed by atoms with van der Waals surface area (Å²) in [4.78, 5) is 26.6. The third kappa shape index (κ3) is 4.40. The maximum atomic E-state index is 12.5. The lowest BCUT2D eigenvalue weighted by Gasteiger charge is -2.30. The minimum atomic E-state index is -0.828. The van der Waals surface area contributed by atoms with Gasteiger partial charge >= 0.3 is 11.9 Å². The van der Waals surface area contributed by atoms with Crippen LogP contribution in [0.1, 0.15) is 11.5 Å². The molecule has 0 fully saturated rings. The van der Waals surface area contributed by atoms with E-state index in [0.717, 1.165) is 0 Å². The highest BCUT2D eigenvalue weighted by Gasteiger charge is 2.36. The van der Waals surface area contributed by atoms with E-state index in [1.54, 1.807) is 24.4 Å². The molecule has 0 atom stereocenters. The number of nitrogens with zero attached hydrogens (tertiary/aromatic N) is 1. The van der Waals surface area contributed by atoms with Crippen molar-refractivity contribution in [2.75, 3.05) is 41.6 Å². The summed E-state index contributed by atoms with van der Waals surface area (Å²) in [6.45, 7) is 0.781. The van der Waals surface area contributed by atoms with Gasteiger partial charge in [0.2, 0.25) is 0 Å². The molecule has 0 spiro atoms. The van der Waals surface area contributed by atoms with E-state index in [1.165, 1.54) is 33.5 Å². The number of rotatable bonds is 7. The smallest absolute Gasteiger partial charge is 0.336 e. The highest BCUT2D eigenvalue weighted by molar-refractivity contribution is 6.32. The maximum Gasteiger partial charge on any atom is 0.336 e. The Balaban J connectivity index is 2.65. The zero-order valence-electron chi connectivity index (χ0n) is 16.0. The SMILES string of the molecule is COCCN1C=C(C(=O)OC)C(c2cc(Cl)c(O)c(OC)c2)C(C(=O)OC)=C1. The van der Waals surface area contributed by atoms with Crippen LogP contribution in [-0.4, -0.2) is 63.5 Å². The number of hydrogen-bond acceptors (Lipinski definition) is 8. The second-order valence-corrected chi connectivity index (χ2v) is 6.28. The molecule has 0 saturated heterocycles. The maximum absolute atomic E-state index is 12.5. The number of carbonyl (C=O) groups excluding carboxylic acids is 2. The highest BCUT2D eigenvalue weighted by Crippen LogP contribution is 2.43. The highest BCUT2D eigenvalue weighted by atomic mass is 35.5. The number of aromatic hydroxyl groups is 1. The standard InChI is InChI=1S/C19H22ClNO7/c1-25-6-5-21-9-12(18(23)27-3)16(13(10-21)19(24)28-4)11-7-14(20)17(22)15(8-11)26-2/h7-10,16,22H,5-6H2,1-4H3. The Morgan fingerprint density at radius 2 is 1.64 bits per heavy atom. The van der Waals surface area contributed by atoms with Gasteiger partial charge in [-0.25, -0.2) is 9.59 Å². The van der Waals surface area contributed by atoms with Gasteiger partial charge < -0.3 is 29.0 Å². The number of benzene rings is 1. The van der Waals surface area contributed by atoms with Gasteiger partial charge in [0.1, 0.15) is 0 Å². The van der Waals surface area contributed by atoms with Crippen molar-refractivity contribution < 1.29 is 33.6 Å². The molecule has 1 aliphatic rings. The van der Waals surface area contributed by atoms with Crippen LogP contribution in [0.3, 0.4) is 0 Å². The van der Waals surface area contributed by atoms with E-state index in [1.807, 2.05) is 0 Å². The molecule has 152 valence electrons. The van der Waals surface area contributed by atoms with E-state index in [0.29, 0.717) is 18.7 Å². The van der Waals surface area contributed by atoms with Crippen LogP contribution >= 0.6 is 11.6 Å². The van der Waals surface area contributed by atoms with Crippen molar-refractivity contribution in [3.05, 3.63) is 46.3 Å². The number of phenolic OH excluding ortho intramolecular Hbond substituents is 1. The molecule has 1 aromatic rings. The predicted molar refractivity (Wildman–Crippen MR) is 101 cm³/mol. The lowest BCUT2D eigenvalue weighted by molar-refractivity contribution is -0.137. The molecule has 28 heavy (non-hydrogen) atoms. The molecule has 0 aromatic heterocycles. The molecule has 0 saturated carbocycles. The van der Waals surface area contributed by atoms with Crippen LogP contribution in [0.5, 0.6) is 11.5 Å². The average Bonchev–Trinajstić information content (AvgIpc) is 2.72. The molecule has 8 nitrogen and oxygen atoms in total. The molecule has 1 aliphatic heterocycles. The van der Waals surface area contributed by atoms with Gasteiger partial charge in [-0.05, 0) is 17.7 Å². The van der Waals surface area contributed by atoms with Crippen molar-refractivity contribution in [2.24, 2.45) is 0 Å². The Kier molecular flexibility index (Phi) is 7.31. The minimum absolute atomic E-state index is 0.0181. The summed E-state index contributed by atoms with van der Waals surface area (Å²) >= 11 is 6.11. The number of halogens is 1. The number of esters is 2. The first-order chi connectivity index (χ1) is 13.4. The monoisotopic (exact) mass is 411 g/mol. The molecular weight excluding hydrogens is 390 g/mol. The Bertz CT molecular complexity index is 785. The van der Waals surface area contributed by atoms with Crippen LogP contribution < -0.4 is 4.74 Å². The molecule has 0 aliphatic carbocycles. The third-order valence-corrected chi connectivity index (χ3v) is 4.52. The van der Waals surface area contributed by atoms with E-state index in [9.17, 15) is 14.7 Å². The molecule has 0 unspecified atom stereocenters. The van der Waals surface area contributed by atoms with Gasteiger partial charge in [-0.2, -0.15) is 0 Å². The molecule has 1 heterocycles. The van der Waals surface area contributed by atoms with E-state index < -0.39 is 17.9 Å². The topological polar surface area (TPSA) is 94.5 Å². The number of ether oxygens (including phenoxy) is 4. The fourth-order valence-electron chi connectivity index (χ4n) is 2.89. The molecule has 2 rings (SSSR count). The lowest BCUT2D eigenvalue weighted by Crippen LogP contribution is -2.30. The Morgan fingerprint density at radius 1 is 1.07 bits per heavy atom. The van der Waals surface area contributed by atoms with Crippen LogP contribution in [0, 0.1) is 0 Å². The van der Waals surface area contributed by atoms with Gasteiger partial charge in [-0.1, -0.05) is 11.6 Å². The molecule has 1 aromatic carbocycles. The number of carbonyl (C=O) groups is 2. The molecule has 1 N–H and O–H groups in total. The van der Waals surface area contributed by atoms with Crippen molar-refractivity contribution in [2.45, 2.75) is 5.92 Å². The second-order valence-electron chi connectivity index (χ2n) is 5.87. The zero-order valence-corrected chi connectivity index (χ0v) is 16.8. The minimum Gasteiger partial charge on any atom is -0.503 e. The molecule has 0 radical (unpaired) electrons. The van der Waals surface area contributed by atoms with Crippen molar-refractivity contribution in [3.8, 4) is 11.5 Å². The summed E-state index contributed by atoms with van der Waals surface area (Å²) < 4.78 is 20.0. The quantitative estimate of drug-likeness (QED) is 0.682. The van der Waals surface area contributed by atoms with Gasteiger partial charge in [0.15, 0.2) is 11.5 Å². The van der Waals surface area contributed by atoms with Crippen molar-refractivity contribution in [3.63, 3.8) is 0 Å². The molecule has 0 amide bonds. The fraction of sp³-hybridized carbons (Fsp3) is 0.368. The van der Waals surface area contributed by atoms with E-state index >= 15 is 0 Å². The van der Waals surface area contributed by atoms with Gasteiger partial charge in [-0.15, -0.1) is 0 Å². The summed E-state index contributed by atoms with van der Waals surface area (Å²) in [5.41, 5.74) is 0.856. The average molecular weight is 412 g/mol. The summed E-state index contributed by atoms with van der Waals surface area (Å²) in [5, 5.41) is 10.0. The molecular formula is C19H22ClNO7. The van der Waals surface area contributed by atoms with E-state index in [-0.39, 0.29) is 27.7 Å². The van der Waals surface area contributed by atoms with Crippen LogP contribution in [0.4, 0.5) is 0 Å². The predicted octanol–water partition coefficient (Wildman–Crippen LogP) is 2.21. The van der Waals surface area contributed by atoms with E-state index in [4.69, 9.17) is 30.5 Å². The Morgan fingerprint density at radius 3 is 2.11 bits per heavy atom. The first kappa shape index (κ1) is 21.6. The summed E-state index contributed by atoms with van der Waals surface area (Å²) in [6, 6.07) is 2.96. The lowest BCUT2D eigenvalue weighted by atomic mass is 9.83. The Labute approximate surface area is 167 Å². The first-order valence-corrected chi connectivity index (χ1v) is 8.66. The number of phenols is 1.